The average Bonchev–Trinajstić information content (AvgIpc) is 2.74. The first-order valence-electron chi connectivity index (χ1n) is 6.13. The van der Waals surface area contributed by atoms with Crippen LogP contribution in [-0.4, -0.2) is 58.0 Å². The van der Waals surface area contributed by atoms with E-state index < -0.39 is 0 Å². The van der Waals surface area contributed by atoms with E-state index in [0.29, 0.717) is 12.6 Å². The van der Waals surface area contributed by atoms with Crippen LogP contribution in [0.15, 0.2) is 12.4 Å². The fourth-order valence-electron chi connectivity index (χ4n) is 2.18. The van der Waals surface area contributed by atoms with Crippen molar-refractivity contribution >= 4 is 0 Å². The van der Waals surface area contributed by atoms with Gasteiger partial charge in [0.25, 0.3) is 0 Å². The van der Waals surface area contributed by atoms with Crippen molar-refractivity contribution in [3.05, 3.63) is 18.2 Å². The molecule has 1 aliphatic heterocycles. The van der Waals surface area contributed by atoms with Gasteiger partial charge in [0.2, 0.25) is 0 Å². The number of aliphatic hydroxyl groups is 1. The summed E-state index contributed by atoms with van der Waals surface area (Å²) in [5.74, 6) is 1.10. The Morgan fingerprint density at radius 1 is 1.59 bits per heavy atom. The minimum atomic E-state index is -0.0347. The molecule has 2 unspecified atom stereocenters. The van der Waals surface area contributed by atoms with Gasteiger partial charge in [-0.2, -0.15) is 0 Å². The summed E-state index contributed by atoms with van der Waals surface area (Å²) in [6, 6.07) is 0.415. The number of morpholine rings is 1. The first-order chi connectivity index (χ1) is 8.20. The smallest absolute Gasteiger partial charge is 0.109 e. The summed E-state index contributed by atoms with van der Waals surface area (Å²) in [6.07, 6.45) is 4.70. The van der Waals surface area contributed by atoms with Crippen molar-refractivity contribution in [3.8, 4) is 0 Å². The van der Waals surface area contributed by atoms with Gasteiger partial charge in [-0.1, -0.05) is 0 Å². The minimum absolute atomic E-state index is 0.0347. The van der Waals surface area contributed by atoms with Crippen LogP contribution in [0.1, 0.15) is 12.7 Å². The maximum Gasteiger partial charge on any atom is 0.109 e. The second-order valence-electron chi connectivity index (χ2n) is 4.69. The maximum absolute atomic E-state index is 9.12. The van der Waals surface area contributed by atoms with Crippen molar-refractivity contribution in [1.29, 1.82) is 0 Å². The zero-order valence-electron chi connectivity index (χ0n) is 10.5. The third-order valence-electron chi connectivity index (χ3n) is 3.38. The number of nitrogens with zero attached hydrogens (tertiary/aromatic N) is 3. The number of aryl methyl sites for hydroxylation is 1. The zero-order valence-corrected chi connectivity index (χ0v) is 10.5. The van der Waals surface area contributed by atoms with Crippen LogP contribution in [0.4, 0.5) is 0 Å². The van der Waals surface area contributed by atoms with Gasteiger partial charge < -0.3 is 14.4 Å². The summed E-state index contributed by atoms with van der Waals surface area (Å²) >= 11 is 0. The van der Waals surface area contributed by atoms with Crippen LogP contribution in [0, 0.1) is 0 Å². The van der Waals surface area contributed by atoms with Gasteiger partial charge in [0.05, 0.1) is 19.3 Å². The summed E-state index contributed by atoms with van der Waals surface area (Å²) in [6.45, 7) is 4.73. The standard InChI is InChI=1S/C12H21N3O2/c1-10-9-17-11(8-16)7-15(10)5-3-12-13-4-6-14(12)2/h4,6,10-11,16H,3,5,7-9H2,1-2H3. The Hall–Kier alpha value is -0.910. The Bertz CT molecular complexity index is 353. The number of aliphatic hydroxyl groups excluding tert-OH is 1. The van der Waals surface area contributed by atoms with Crippen LogP contribution in [-0.2, 0) is 18.2 Å². The number of hydrogen-bond acceptors (Lipinski definition) is 4. The molecule has 5 heteroatoms. The normalized spacial score (nSPS) is 26.3. The van der Waals surface area contributed by atoms with Crippen LogP contribution in [0.25, 0.3) is 0 Å². The molecule has 17 heavy (non-hydrogen) atoms. The lowest BCUT2D eigenvalue weighted by atomic mass is 10.2. The van der Waals surface area contributed by atoms with E-state index in [0.717, 1.165) is 25.3 Å². The fourth-order valence-corrected chi connectivity index (χ4v) is 2.18. The van der Waals surface area contributed by atoms with Gasteiger partial charge in [-0.25, -0.2) is 4.98 Å². The van der Waals surface area contributed by atoms with E-state index in [-0.39, 0.29) is 12.7 Å². The first kappa shape index (κ1) is 12.5. The van der Waals surface area contributed by atoms with Gasteiger partial charge in [0.15, 0.2) is 0 Å². The molecule has 0 saturated carbocycles. The number of hydrogen-bond donors (Lipinski definition) is 1. The molecule has 1 saturated heterocycles. The predicted molar refractivity (Wildman–Crippen MR) is 64.8 cm³/mol. The van der Waals surface area contributed by atoms with Crippen LogP contribution in [0.3, 0.4) is 0 Å². The third-order valence-corrected chi connectivity index (χ3v) is 3.38. The molecule has 0 aliphatic carbocycles. The van der Waals surface area contributed by atoms with E-state index >= 15 is 0 Å². The Kier molecular flexibility index (Phi) is 4.15. The molecule has 2 atom stereocenters. The highest BCUT2D eigenvalue weighted by atomic mass is 16.5. The van der Waals surface area contributed by atoms with E-state index in [4.69, 9.17) is 9.84 Å². The van der Waals surface area contributed by atoms with Gasteiger partial charge in [-0.05, 0) is 6.92 Å². The highest BCUT2D eigenvalue weighted by Crippen LogP contribution is 2.12. The molecule has 0 aromatic carbocycles. The number of imidazole rings is 1. The van der Waals surface area contributed by atoms with Crippen molar-refractivity contribution in [2.45, 2.75) is 25.5 Å². The molecule has 1 aliphatic rings. The molecule has 1 N–H and O–H groups in total. The largest absolute Gasteiger partial charge is 0.394 e. The molecule has 1 fully saturated rings. The molecule has 0 bridgehead atoms. The lowest BCUT2D eigenvalue weighted by Gasteiger charge is -2.37. The van der Waals surface area contributed by atoms with Crippen molar-refractivity contribution < 1.29 is 9.84 Å². The van der Waals surface area contributed by atoms with Gasteiger partial charge >= 0.3 is 0 Å². The van der Waals surface area contributed by atoms with E-state index in [1.54, 1.807) is 0 Å². The Morgan fingerprint density at radius 2 is 2.41 bits per heavy atom. The second-order valence-corrected chi connectivity index (χ2v) is 4.69. The lowest BCUT2D eigenvalue weighted by molar-refractivity contribution is -0.0774. The molecular weight excluding hydrogens is 218 g/mol. The van der Waals surface area contributed by atoms with Crippen molar-refractivity contribution in [2.24, 2.45) is 7.05 Å². The molecule has 2 rings (SSSR count). The quantitative estimate of drug-likeness (QED) is 0.806. The van der Waals surface area contributed by atoms with E-state index in [2.05, 4.69) is 21.4 Å². The first-order valence-corrected chi connectivity index (χ1v) is 6.13. The summed E-state index contributed by atoms with van der Waals surface area (Å²) in [5, 5.41) is 9.12. The molecule has 1 aromatic rings. The van der Waals surface area contributed by atoms with Crippen LogP contribution in [0.2, 0.25) is 0 Å². The van der Waals surface area contributed by atoms with Crippen LogP contribution >= 0.6 is 0 Å². The van der Waals surface area contributed by atoms with Crippen LogP contribution < -0.4 is 0 Å². The topological polar surface area (TPSA) is 50.5 Å². The number of aromatic nitrogens is 2. The Labute approximate surface area is 102 Å². The summed E-state index contributed by atoms with van der Waals surface area (Å²) in [5.41, 5.74) is 0. The third kappa shape index (κ3) is 3.06. The molecule has 0 radical (unpaired) electrons. The molecule has 1 aromatic heterocycles. The Morgan fingerprint density at radius 3 is 3.06 bits per heavy atom. The molecule has 2 heterocycles. The van der Waals surface area contributed by atoms with Crippen molar-refractivity contribution in [2.75, 3.05) is 26.3 Å². The predicted octanol–water partition coefficient (Wildman–Crippen LogP) is 0.0442. The van der Waals surface area contributed by atoms with Crippen molar-refractivity contribution in [1.82, 2.24) is 14.5 Å². The van der Waals surface area contributed by atoms with Crippen LogP contribution in [0.5, 0.6) is 0 Å². The summed E-state index contributed by atoms with van der Waals surface area (Å²) in [4.78, 5) is 6.68. The fraction of sp³-hybridized carbons (Fsp3) is 0.750. The molecule has 96 valence electrons. The van der Waals surface area contributed by atoms with Gasteiger partial charge in [0, 0.05) is 45.0 Å². The minimum Gasteiger partial charge on any atom is -0.394 e. The lowest BCUT2D eigenvalue weighted by Crippen LogP contribution is -2.50. The monoisotopic (exact) mass is 239 g/mol. The maximum atomic E-state index is 9.12. The zero-order chi connectivity index (χ0) is 12.3. The second kappa shape index (κ2) is 5.62. The van der Waals surface area contributed by atoms with Gasteiger partial charge in [-0.15, -0.1) is 0 Å². The SMILES string of the molecule is CC1COC(CO)CN1CCc1nccn1C. The van der Waals surface area contributed by atoms with E-state index in [1.807, 2.05) is 19.4 Å². The molecule has 5 nitrogen and oxygen atoms in total. The van der Waals surface area contributed by atoms with Gasteiger partial charge in [0.1, 0.15) is 5.82 Å². The van der Waals surface area contributed by atoms with Crippen molar-refractivity contribution in [3.63, 3.8) is 0 Å². The summed E-state index contributed by atoms with van der Waals surface area (Å²) in [7, 11) is 2.02. The Balaban J connectivity index is 1.87. The highest BCUT2D eigenvalue weighted by Gasteiger charge is 2.25. The van der Waals surface area contributed by atoms with E-state index in [1.165, 1.54) is 0 Å². The van der Waals surface area contributed by atoms with Gasteiger partial charge in [-0.3, -0.25) is 4.90 Å². The van der Waals surface area contributed by atoms with E-state index in [9.17, 15) is 0 Å². The average molecular weight is 239 g/mol. The summed E-state index contributed by atoms with van der Waals surface area (Å²) < 4.78 is 7.57. The highest BCUT2D eigenvalue weighted by molar-refractivity contribution is 4.92. The number of ether oxygens (including phenoxy) is 1. The molecule has 0 spiro atoms. The molecular formula is C12H21N3O2. The molecule has 0 amide bonds. The number of rotatable bonds is 4.